The minimum atomic E-state index is -0.224. The molecule has 1 aliphatic heterocycles. The summed E-state index contributed by atoms with van der Waals surface area (Å²) < 4.78 is 10.8. The fraction of sp³-hybridized carbons (Fsp3) is 0.143. The van der Waals surface area contributed by atoms with E-state index in [1.807, 2.05) is 31.2 Å². The number of amides is 1. The second kappa shape index (κ2) is 8.87. The summed E-state index contributed by atoms with van der Waals surface area (Å²) in [4.78, 5) is 17.2. The Kier molecular flexibility index (Phi) is 6.30. The van der Waals surface area contributed by atoms with Crippen LogP contribution in [0.5, 0.6) is 11.5 Å². The Morgan fingerprint density at radius 1 is 1.32 bits per heavy atom. The molecule has 0 aliphatic carbocycles. The van der Waals surface area contributed by atoms with E-state index in [0.717, 1.165) is 11.3 Å². The number of methoxy groups -OCH3 is 1. The highest BCUT2D eigenvalue weighted by Crippen LogP contribution is 2.38. The lowest BCUT2D eigenvalue weighted by Crippen LogP contribution is -2.19. The topological polar surface area (TPSA) is 59.9 Å². The zero-order valence-corrected chi connectivity index (χ0v) is 16.9. The summed E-state index contributed by atoms with van der Waals surface area (Å²) in [5, 5.41) is 3.63. The molecule has 28 heavy (non-hydrogen) atoms. The van der Waals surface area contributed by atoms with Crippen molar-refractivity contribution in [2.24, 2.45) is 4.99 Å². The Balaban J connectivity index is 1.85. The number of carbonyl (C=O) groups is 1. The van der Waals surface area contributed by atoms with Gasteiger partial charge in [-0.05, 0) is 54.6 Å². The number of nitrogens with one attached hydrogen (secondary N) is 1. The van der Waals surface area contributed by atoms with Crippen molar-refractivity contribution in [2.75, 3.05) is 13.7 Å². The van der Waals surface area contributed by atoms with Crippen LogP contribution in [0.4, 0.5) is 5.69 Å². The summed E-state index contributed by atoms with van der Waals surface area (Å²) in [6.45, 7) is 2.08. The second-order valence-electron chi connectivity index (χ2n) is 5.84. The number of carbonyl (C=O) groups excluding carboxylic acids is 1. The molecule has 1 aliphatic rings. The van der Waals surface area contributed by atoms with Gasteiger partial charge >= 0.3 is 0 Å². The molecule has 0 spiro atoms. The van der Waals surface area contributed by atoms with Gasteiger partial charge in [0.2, 0.25) is 0 Å². The average Bonchev–Trinajstić information content (AvgIpc) is 3.01. The van der Waals surface area contributed by atoms with Crippen LogP contribution in [0.2, 0.25) is 5.02 Å². The van der Waals surface area contributed by atoms with Crippen LogP contribution in [-0.4, -0.2) is 24.8 Å². The molecule has 0 bridgehead atoms. The van der Waals surface area contributed by atoms with Gasteiger partial charge in [-0.2, -0.15) is 0 Å². The first-order chi connectivity index (χ1) is 13.5. The van der Waals surface area contributed by atoms with Crippen molar-refractivity contribution in [3.8, 4) is 23.8 Å². The zero-order chi connectivity index (χ0) is 20.1. The van der Waals surface area contributed by atoms with E-state index in [1.54, 1.807) is 18.2 Å². The summed E-state index contributed by atoms with van der Waals surface area (Å²) in [7, 11) is 1.51. The van der Waals surface area contributed by atoms with Gasteiger partial charge in [0, 0.05) is 0 Å². The van der Waals surface area contributed by atoms with E-state index in [-0.39, 0.29) is 12.5 Å². The van der Waals surface area contributed by atoms with Crippen LogP contribution in [0.1, 0.15) is 11.1 Å². The monoisotopic (exact) mass is 412 g/mol. The molecule has 0 unspecified atom stereocenters. The quantitative estimate of drug-likeness (QED) is 0.577. The largest absolute Gasteiger partial charge is 0.493 e. The van der Waals surface area contributed by atoms with Gasteiger partial charge in [0.15, 0.2) is 16.7 Å². The zero-order valence-electron chi connectivity index (χ0n) is 15.3. The van der Waals surface area contributed by atoms with Gasteiger partial charge in [0.05, 0.1) is 22.7 Å². The number of hydrogen-bond donors (Lipinski definition) is 1. The van der Waals surface area contributed by atoms with Crippen LogP contribution in [0.25, 0.3) is 6.08 Å². The van der Waals surface area contributed by atoms with Crippen LogP contribution in [-0.2, 0) is 4.79 Å². The molecule has 0 aromatic heterocycles. The van der Waals surface area contributed by atoms with Gasteiger partial charge in [0.1, 0.15) is 6.61 Å². The molecule has 1 saturated heterocycles. The van der Waals surface area contributed by atoms with Crippen molar-refractivity contribution in [1.82, 2.24) is 5.32 Å². The molecule has 2 aromatic rings. The molecular formula is C21H17ClN2O3S. The smallest absolute Gasteiger partial charge is 0.264 e. The van der Waals surface area contributed by atoms with Crippen LogP contribution < -0.4 is 14.8 Å². The third-order valence-electron chi connectivity index (χ3n) is 3.76. The van der Waals surface area contributed by atoms with Gasteiger partial charge in [-0.15, -0.1) is 6.42 Å². The minimum absolute atomic E-state index is 0.0770. The van der Waals surface area contributed by atoms with E-state index in [4.69, 9.17) is 27.5 Å². The van der Waals surface area contributed by atoms with Crippen molar-refractivity contribution in [2.45, 2.75) is 6.92 Å². The highest BCUT2D eigenvalue weighted by molar-refractivity contribution is 8.18. The summed E-state index contributed by atoms with van der Waals surface area (Å²) >= 11 is 7.54. The lowest BCUT2D eigenvalue weighted by Gasteiger charge is -2.11. The van der Waals surface area contributed by atoms with Crippen LogP contribution in [0.15, 0.2) is 46.3 Å². The van der Waals surface area contributed by atoms with E-state index >= 15 is 0 Å². The van der Waals surface area contributed by atoms with Gasteiger partial charge < -0.3 is 14.8 Å². The molecule has 7 heteroatoms. The number of terminal acetylenes is 1. The first kappa shape index (κ1) is 19.9. The predicted molar refractivity (Wildman–Crippen MR) is 114 cm³/mol. The molecule has 1 N–H and O–H groups in total. The maximum absolute atomic E-state index is 12.3. The third-order valence-corrected chi connectivity index (χ3v) is 4.96. The Hall–Kier alpha value is -2.88. The Labute approximate surface area is 172 Å². The average molecular weight is 413 g/mol. The van der Waals surface area contributed by atoms with E-state index < -0.39 is 0 Å². The first-order valence-electron chi connectivity index (χ1n) is 8.30. The SMILES string of the molecule is C#CCOc1c(Cl)cc(/C=C2/SC(=Nc3ccc(C)cc3)NC2=O)cc1OC. The number of amidine groups is 1. The normalized spacial score (nSPS) is 16.1. The van der Waals surface area contributed by atoms with Crippen LogP contribution in [0.3, 0.4) is 0 Å². The Bertz CT molecular complexity index is 1010. The molecule has 2 aromatic carbocycles. The fourth-order valence-corrected chi connectivity index (χ4v) is 3.56. The Morgan fingerprint density at radius 3 is 2.75 bits per heavy atom. The van der Waals surface area contributed by atoms with Crippen molar-refractivity contribution in [3.63, 3.8) is 0 Å². The van der Waals surface area contributed by atoms with Gasteiger partial charge in [0.25, 0.3) is 5.91 Å². The maximum Gasteiger partial charge on any atom is 0.264 e. The molecule has 5 nitrogen and oxygen atoms in total. The minimum Gasteiger partial charge on any atom is -0.493 e. The summed E-state index contributed by atoms with van der Waals surface area (Å²) in [5.74, 6) is 2.97. The Morgan fingerprint density at radius 2 is 2.07 bits per heavy atom. The van der Waals surface area contributed by atoms with Crippen molar-refractivity contribution in [3.05, 3.63) is 57.5 Å². The highest BCUT2D eigenvalue weighted by atomic mass is 35.5. The molecule has 0 radical (unpaired) electrons. The molecule has 0 saturated carbocycles. The molecule has 1 amide bonds. The van der Waals surface area contributed by atoms with Crippen LogP contribution >= 0.6 is 23.4 Å². The molecule has 142 valence electrons. The van der Waals surface area contributed by atoms with Gasteiger partial charge in [-0.3, -0.25) is 4.79 Å². The fourth-order valence-electron chi connectivity index (χ4n) is 2.45. The first-order valence-corrected chi connectivity index (χ1v) is 9.49. The summed E-state index contributed by atoms with van der Waals surface area (Å²) in [5.41, 5.74) is 2.62. The standard InChI is InChI=1S/C21H17ClN2O3S/c1-4-9-27-19-16(22)10-14(11-17(19)26-3)12-18-20(25)24-21(28-18)23-15-7-5-13(2)6-8-15/h1,5-8,10-12H,9H2,2-3H3,(H,23,24,25)/b18-12+. The van der Waals surface area contributed by atoms with Crippen LogP contribution in [0, 0.1) is 19.3 Å². The number of hydrogen-bond acceptors (Lipinski definition) is 5. The number of aliphatic imine (C=N–C) groups is 1. The van der Waals surface area contributed by atoms with Crippen molar-refractivity contribution < 1.29 is 14.3 Å². The van der Waals surface area contributed by atoms with Gasteiger partial charge in [-0.1, -0.05) is 35.2 Å². The number of halogens is 1. The van der Waals surface area contributed by atoms with Gasteiger partial charge in [-0.25, -0.2) is 4.99 Å². The van der Waals surface area contributed by atoms with Crippen molar-refractivity contribution >= 4 is 46.2 Å². The van der Waals surface area contributed by atoms with Crippen molar-refractivity contribution in [1.29, 1.82) is 0 Å². The molecule has 0 atom stereocenters. The molecule has 1 heterocycles. The van der Waals surface area contributed by atoms with E-state index in [9.17, 15) is 4.79 Å². The predicted octanol–water partition coefficient (Wildman–Crippen LogP) is 4.56. The number of ether oxygens (including phenoxy) is 2. The summed E-state index contributed by atoms with van der Waals surface area (Å²) in [6.07, 6.45) is 6.94. The number of nitrogens with zero attached hydrogens (tertiary/aromatic N) is 1. The van der Waals surface area contributed by atoms with E-state index in [2.05, 4.69) is 16.2 Å². The molecule has 3 rings (SSSR count). The molecular weight excluding hydrogens is 396 g/mol. The number of thioether (sulfide) groups is 1. The number of aryl methyl sites for hydroxylation is 1. The maximum atomic E-state index is 12.3. The summed E-state index contributed by atoms with van der Waals surface area (Å²) in [6, 6.07) is 11.2. The number of rotatable bonds is 5. The number of benzene rings is 2. The van der Waals surface area contributed by atoms with E-state index in [1.165, 1.54) is 18.9 Å². The van der Waals surface area contributed by atoms with E-state index in [0.29, 0.717) is 32.2 Å². The highest BCUT2D eigenvalue weighted by Gasteiger charge is 2.24. The molecule has 1 fully saturated rings. The lowest BCUT2D eigenvalue weighted by molar-refractivity contribution is -0.115. The lowest BCUT2D eigenvalue weighted by atomic mass is 10.2. The third kappa shape index (κ3) is 4.69. The second-order valence-corrected chi connectivity index (χ2v) is 7.28.